The Morgan fingerprint density at radius 3 is 2.50 bits per heavy atom. The maximum absolute atomic E-state index is 5.41. The van der Waals surface area contributed by atoms with Crippen LogP contribution >= 0.6 is 12.2 Å². The molecule has 18 heavy (non-hydrogen) atoms. The third kappa shape index (κ3) is 2.09. The Kier molecular flexibility index (Phi) is 3.32. The van der Waals surface area contributed by atoms with Gasteiger partial charge in [0.15, 0.2) is 5.11 Å². The molecule has 98 valence electrons. The van der Waals surface area contributed by atoms with Crippen molar-refractivity contribution in [2.75, 3.05) is 21.3 Å². The van der Waals surface area contributed by atoms with Gasteiger partial charge in [-0.3, -0.25) is 5.01 Å². The largest absolute Gasteiger partial charge is 0.497 e. The monoisotopic (exact) mass is 267 g/mol. The van der Waals surface area contributed by atoms with Crippen LogP contribution in [0.3, 0.4) is 0 Å². The Labute approximate surface area is 112 Å². The molecule has 0 saturated carbocycles. The molecule has 1 saturated heterocycles. The van der Waals surface area contributed by atoms with Crippen LogP contribution in [0, 0.1) is 0 Å². The molecule has 0 aromatic heterocycles. The summed E-state index contributed by atoms with van der Waals surface area (Å²) >= 11 is 5.21. The van der Waals surface area contributed by atoms with E-state index < -0.39 is 5.66 Å². The van der Waals surface area contributed by atoms with Crippen molar-refractivity contribution in [1.29, 1.82) is 0 Å². The Morgan fingerprint density at radius 2 is 2.00 bits per heavy atom. The lowest BCUT2D eigenvalue weighted by atomic mass is 10.0. The average Bonchev–Trinajstić information content (AvgIpc) is 2.63. The maximum Gasteiger partial charge on any atom is 0.185 e. The number of thiocarbonyl (C=S) groups is 1. The van der Waals surface area contributed by atoms with Gasteiger partial charge in [-0.15, -0.1) is 0 Å². The van der Waals surface area contributed by atoms with Crippen molar-refractivity contribution >= 4 is 17.3 Å². The van der Waals surface area contributed by atoms with Crippen molar-refractivity contribution < 1.29 is 9.47 Å². The second-order valence-corrected chi connectivity index (χ2v) is 4.68. The van der Waals surface area contributed by atoms with Gasteiger partial charge in [0.2, 0.25) is 0 Å². The van der Waals surface area contributed by atoms with Gasteiger partial charge in [0, 0.05) is 18.7 Å². The van der Waals surface area contributed by atoms with Gasteiger partial charge in [-0.1, -0.05) is 0 Å². The Hall–Kier alpha value is -1.53. The predicted molar refractivity (Wildman–Crippen MR) is 73.5 cm³/mol. The highest BCUT2D eigenvalue weighted by atomic mass is 32.1. The average molecular weight is 267 g/mol. The molecule has 1 fully saturated rings. The first-order valence-corrected chi connectivity index (χ1v) is 5.97. The van der Waals surface area contributed by atoms with E-state index in [1.54, 1.807) is 19.2 Å². The molecule has 6 heteroatoms. The number of ether oxygens (including phenoxy) is 2. The van der Waals surface area contributed by atoms with Crippen LogP contribution in [-0.2, 0) is 5.66 Å². The molecule has 0 bridgehead atoms. The third-order valence-corrected chi connectivity index (χ3v) is 3.38. The number of hydrazine groups is 1. The number of nitrogens with zero attached hydrogens (tertiary/aromatic N) is 1. The van der Waals surface area contributed by atoms with E-state index >= 15 is 0 Å². The molecule has 1 aromatic carbocycles. The van der Waals surface area contributed by atoms with Crippen LogP contribution in [0.25, 0.3) is 0 Å². The van der Waals surface area contributed by atoms with E-state index in [-0.39, 0.29) is 0 Å². The summed E-state index contributed by atoms with van der Waals surface area (Å²) in [6, 6.07) is 5.71. The highest BCUT2D eigenvalue weighted by molar-refractivity contribution is 7.80. The van der Waals surface area contributed by atoms with Crippen molar-refractivity contribution in [2.45, 2.75) is 12.6 Å². The fourth-order valence-corrected chi connectivity index (χ4v) is 2.30. The zero-order valence-corrected chi connectivity index (χ0v) is 11.7. The maximum atomic E-state index is 5.41. The molecule has 1 atom stereocenters. The van der Waals surface area contributed by atoms with Crippen LogP contribution in [-0.4, -0.2) is 31.4 Å². The van der Waals surface area contributed by atoms with E-state index in [0.717, 1.165) is 17.1 Å². The first kappa shape index (κ1) is 12.9. The van der Waals surface area contributed by atoms with E-state index in [2.05, 4.69) is 10.7 Å². The lowest BCUT2D eigenvalue weighted by Crippen LogP contribution is -2.45. The molecular weight excluding hydrogens is 250 g/mol. The fourth-order valence-electron chi connectivity index (χ4n) is 2.05. The van der Waals surface area contributed by atoms with Crippen LogP contribution in [0.15, 0.2) is 18.2 Å². The van der Waals surface area contributed by atoms with Crippen LogP contribution in [0.5, 0.6) is 11.5 Å². The number of nitrogens with one attached hydrogen (secondary N) is 2. The minimum Gasteiger partial charge on any atom is -0.497 e. The zero-order valence-electron chi connectivity index (χ0n) is 10.9. The summed E-state index contributed by atoms with van der Waals surface area (Å²) in [7, 11) is 5.14. The highest BCUT2D eigenvalue weighted by Gasteiger charge is 2.37. The fraction of sp³-hybridized carbons (Fsp3) is 0.417. The van der Waals surface area contributed by atoms with Gasteiger partial charge >= 0.3 is 0 Å². The van der Waals surface area contributed by atoms with E-state index in [0.29, 0.717) is 5.11 Å². The summed E-state index contributed by atoms with van der Waals surface area (Å²) in [5.41, 5.74) is 3.76. The SMILES string of the molecule is COc1ccc([C@]2(C)NC(=S)N(C)N2)c(OC)c1. The molecular formula is C12H17N3O2S. The first-order chi connectivity index (χ1) is 8.50. The Morgan fingerprint density at radius 1 is 1.28 bits per heavy atom. The molecule has 0 aliphatic carbocycles. The van der Waals surface area contributed by atoms with Crippen LogP contribution in [0.1, 0.15) is 12.5 Å². The van der Waals surface area contributed by atoms with E-state index in [1.807, 2.05) is 32.2 Å². The van der Waals surface area contributed by atoms with Gasteiger partial charge in [0.1, 0.15) is 17.2 Å². The molecule has 1 aliphatic heterocycles. The van der Waals surface area contributed by atoms with Gasteiger partial charge in [-0.05, 0) is 31.3 Å². The quantitative estimate of drug-likeness (QED) is 0.803. The molecule has 0 amide bonds. The molecule has 2 rings (SSSR count). The minimum absolute atomic E-state index is 0.483. The molecule has 2 N–H and O–H groups in total. The highest BCUT2D eigenvalue weighted by Crippen LogP contribution is 2.33. The summed E-state index contributed by atoms with van der Waals surface area (Å²) in [6.07, 6.45) is 0. The van der Waals surface area contributed by atoms with E-state index in [4.69, 9.17) is 21.7 Å². The van der Waals surface area contributed by atoms with Crippen LogP contribution in [0.2, 0.25) is 0 Å². The zero-order chi connectivity index (χ0) is 13.3. The molecule has 1 heterocycles. The third-order valence-electron chi connectivity index (χ3n) is 3.00. The molecule has 0 unspecified atom stereocenters. The van der Waals surface area contributed by atoms with Crippen LogP contribution < -0.4 is 20.2 Å². The lowest BCUT2D eigenvalue weighted by Gasteiger charge is -2.27. The van der Waals surface area contributed by atoms with Crippen molar-refractivity contribution in [2.24, 2.45) is 0 Å². The normalized spacial score (nSPS) is 22.9. The van der Waals surface area contributed by atoms with Gasteiger partial charge in [0.05, 0.1) is 14.2 Å². The number of benzene rings is 1. The smallest absolute Gasteiger partial charge is 0.185 e. The molecule has 0 spiro atoms. The van der Waals surface area contributed by atoms with Gasteiger partial charge in [-0.25, -0.2) is 5.43 Å². The molecule has 1 aliphatic rings. The molecule has 5 nitrogen and oxygen atoms in total. The van der Waals surface area contributed by atoms with Gasteiger partial charge < -0.3 is 14.8 Å². The summed E-state index contributed by atoms with van der Waals surface area (Å²) in [6.45, 7) is 2.01. The summed E-state index contributed by atoms with van der Waals surface area (Å²) in [5, 5.41) is 5.66. The number of rotatable bonds is 3. The number of hydrogen-bond donors (Lipinski definition) is 2. The first-order valence-electron chi connectivity index (χ1n) is 5.56. The second-order valence-electron chi connectivity index (χ2n) is 4.29. The Balaban J connectivity index is 2.42. The topological polar surface area (TPSA) is 45.8 Å². The number of hydrogen-bond acceptors (Lipinski definition) is 4. The standard InChI is InChI=1S/C12H17N3O2S/c1-12(13-11(18)15(2)14-12)9-6-5-8(16-3)7-10(9)17-4/h5-7,14H,1-4H3,(H,13,18)/t12-/m1/s1. The van der Waals surface area contributed by atoms with Crippen molar-refractivity contribution in [3.8, 4) is 11.5 Å². The number of methoxy groups -OCH3 is 2. The van der Waals surface area contributed by atoms with E-state index in [9.17, 15) is 0 Å². The molecule has 0 radical (unpaired) electrons. The van der Waals surface area contributed by atoms with Crippen molar-refractivity contribution in [3.05, 3.63) is 23.8 Å². The Bertz CT molecular complexity index is 480. The second kappa shape index (κ2) is 4.62. The minimum atomic E-state index is -0.483. The molecule has 1 aromatic rings. The summed E-state index contributed by atoms with van der Waals surface area (Å²) in [5.74, 6) is 1.50. The van der Waals surface area contributed by atoms with Crippen molar-refractivity contribution in [3.63, 3.8) is 0 Å². The van der Waals surface area contributed by atoms with Crippen molar-refractivity contribution in [1.82, 2.24) is 15.8 Å². The van der Waals surface area contributed by atoms with Gasteiger partial charge in [0.25, 0.3) is 0 Å². The summed E-state index contributed by atoms with van der Waals surface area (Å²) < 4.78 is 10.6. The van der Waals surface area contributed by atoms with Gasteiger partial charge in [-0.2, -0.15) is 0 Å². The summed E-state index contributed by atoms with van der Waals surface area (Å²) in [4.78, 5) is 0. The van der Waals surface area contributed by atoms with Crippen LogP contribution in [0.4, 0.5) is 0 Å². The van der Waals surface area contributed by atoms with E-state index in [1.165, 1.54) is 0 Å². The lowest BCUT2D eigenvalue weighted by molar-refractivity contribution is 0.257. The predicted octanol–water partition coefficient (Wildman–Crippen LogP) is 1.20.